The molecule has 0 aromatic rings. The lowest BCUT2D eigenvalue weighted by atomic mass is 9.83. The van der Waals surface area contributed by atoms with Gasteiger partial charge in [0.15, 0.2) is 0 Å². The molecule has 94 valence electrons. The molecule has 0 saturated carbocycles. The molecule has 16 heavy (non-hydrogen) atoms. The number of rotatable bonds is 4. The third kappa shape index (κ3) is 2.58. The maximum Gasteiger partial charge on any atom is 0.0614 e. The van der Waals surface area contributed by atoms with Crippen LogP contribution in [-0.2, 0) is 0 Å². The second-order valence-corrected chi connectivity index (χ2v) is 6.00. The van der Waals surface area contributed by atoms with Gasteiger partial charge < -0.3 is 15.3 Å². The van der Waals surface area contributed by atoms with Gasteiger partial charge in [-0.1, -0.05) is 13.8 Å². The van der Waals surface area contributed by atoms with Crippen LogP contribution in [0.25, 0.3) is 0 Å². The molecule has 2 aliphatic rings. The van der Waals surface area contributed by atoms with E-state index in [0.717, 1.165) is 32.0 Å². The van der Waals surface area contributed by atoms with Crippen molar-refractivity contribution in [2.75, 3.05) is 26.2 Å². The molecule has 2 rings (SSSR count). The van der Waals surface area contributed by atoms with Crippen LogP contribution in [0.2, 0.25) is 0 Å². The minimum atomic E-state index is 0.00970. The van der Waals surface area contributed by atoms with Crippen LogP contribution in [-0.4, -0.2) is 47.8 Å². The Morgan fingerprint density at radius 1 is 1.44 bits per heavy atom. The van der Waals surface area contributed by atoms with Gasteiger partial charge in [0.05, 0.1) is 6.61 Å². The van der Waals surface area contributed by atoms with Crippen LogP contribution in [0.4, 0.5) is 0 Å². The standard InChI is InChI=1S/C13H26N2O/c1-11(2)9-14-13(10-16)5-7-15-6-3-4-12(15)8-13/h11-12,14,16H,3-10H2,1-2H3. The molecule has 2 aliphatic heterocycles. The average molecular weight is 226 g/mol. The Bertz CT molecular complexity index is 232. The molecule has 2 fully saturated rings. The first kappa shape index (κ1) is 12.3. The number of nitrogens with zero attached hydrogens (tertiary/aromatic N) is 1. The summed E-state index contributed by atoms with van der Waals surface area (Å²) in [4.78, 5) is 2.60. The number of hydrogen-bond acceptors (Lipinski definition) is 3. The zero-order valence-electron chi connectivity index (χ0n) is 10.7. The lowest BCUT2D eigenvalue weighted by molar-refractivity contribution is 0.0571. The molecule has 0 spiro atoms. The second-order valence-electron chi connectivity index (χ2n) is 6.00. The fourth-order valence-corrected chi connectivity index (χ4v) is 3.11. The maximum absolute atomic E-state index is 9.69. The third-order valence-electron chi connectivity index (χ3n) is 4.19. The molecular formula is C13H26N2O. The van der Waals surface area contributed by atoms with Gasteiger partial charge >= 0.3 is 0 Å². The maximum atomic E-state index is 9.69. The Morgan fingerprint density at radius 3 is 2.94 bits per heavy atom. The summed E-state index contributed by atoms with van der Waals surface area (Å²) in [5.74, 6) is 0.657. The van der Waals surface area contributed by atoms with E-state index >= 15 is 0 Å². The van der Waals surface area contributed by atoms with Crippen molar-refractivity contribution in [1.29, 1.82) is 0 Å². The summed E-state index contributed by atoms with van der Waals surface area (Å²) in [5.41, 5.74) is 0.00970. The molecule has 0 amide bonds. The van der Waals surface area contributed by atoms with Gasteiger partial charge in [-0.3, -0.25) is 0 Å². The Hall–Kier alpha value is -0.120. The third-order valence-corrected chi connectivity index (χ3v) is 4.19. The van der Waals surface area contributed by atoms with Gasteiger partial charge in [-0.25, -0.2) is 0 Å². The van der Waals surface area contributed by atoms with E-state index in [1.165, 1.54) is 19.4 Å². The van der Waals surface area contributed by atoms with E-state index in [9.17, 15) is 5.11 Å². The number of aliphatic hydroxyl groups excluding tert-OH is 1. The number of hydrogen-bond donors (Lipinski definition) is 2. The normalized spacial score (nSPS) is 35.6. The van der Waals surface area contributed by atoms with Crippen molar-refractivity contribution in [3.63, 3.8) is 0 Å². The summed E-state index contributed by atoms with van der Waals surface area (Å²) in [7, 11) is 0. The van der Waals surface area contributed by atoms with E-state index < -0.39 is 0 Å². The summed E-state index contributed by atoms with van der Waals surface area (Å²) < 4.78 is 0. The van der Waals surface area contributed by atoms with Gasteiger partial charge in [-0.05, 0) is 44.7 Å². The van der Waals surface area contributed by atoms with Crippen molar-refractivity contribution in [1.82, 2.24) is 10.2 Å². The molecule has 0 bridgehead atoms. The van der Waals surface area contributed by atoms with Gasteiger partial charge in [0.1, 0.15) is 0 Å². The Labute approximate surface area is 99.2 Å². The first-order valence-corrected chi connectivity index (χ1v) is 6.75. The SMILES string of the molecule is CC(C)CNC1(CO)CCN2CCCC2C1. The van der Waals surface area contributed by atoms with Gasteiger partial charge in [-0.15, -0.1) is 0 Å². The number of fused-ring (bicyclic) bond motifs is 1. The molecule has 3 nitrogen and oxygen atoms in total. The first-order valence-electron chi connectivity index (χ1n) is 6.75. The summed E-state index contributed by atoms with van der Waals surface area (Å²) in [6.45, 7) is 8.20. The highest BCUT2D eigenvalue weighted by Gasteiger charge is 2.40. The number of piperidine rings is 1. The van der Waals surface area contributed by atoms with Crippen LogP contribution in [0.3, 0.4) is 0 Å². The zero-order chi connectivity index (χ0) is 11.6. The predicted molar refractivity (Wildman–Crippen MR) is 66.5 cm³/mol. The summed E-state index contributed by atoms with van der Waals surface area (Å²) >= 11 is 0. The molecule has 2 saturated heterocycles. The smallest absolute Gasteiger partial charge is 0.0614 e. The minimum absolute atomic E-state index is 0.00970. The molecule has 0 aromatic carbocycles. The topological polar surface area (TPSA) is 35.5 Å². The fourth-order valence-electron chi connectivity index (χ4n) is 3.11. The van der Waals surface area contributed by atoms with E-state index in [4.69, 9.17) is 0 Å². The van der Waals surface area contributed by atoms with Crippen molar-refractivity contribution in [2.24, 2.45) is 5.92 Å². The molecule has 0 aliphatic carbocycles. The van der Waals surface area contributed by atoms with Gasteiger partial charge in [0.25, 0.3) is 0 Å². The summed E-state index contributed by atoms with van der Waals surface area (Å²) in [6, 6.07) is 0.723. The molecule has 2 N–H and O–H groups in total. The van der Waals surface area contributed by atoms with Crippen molar-refractivity contribution in [3.8, 4) is 0 Å². The van der Waals surface area contributed by atoms with Crippen LogP contribution in [0.1, 0.15) is 39.5 Å². The van der Waals surface area contributed by atoms with Gasteiger partial charge in [0, 0.05) is 18.1 Å². The quantitative estimate of drug-likeness (QED) is 0.756. The highest BCUT2D eigenvalue weighted by atomic mass is 16.3. The molecule has 2 atom stereocenters. The van der Waals surface area contributed by atoms with Gasteiger partial charge in [-0.2, -0.15) is 0 Å². The van der Waals surface area contributed by atoms with Crippen molar-refractivity contribution < 1.29 is 5.11 Å². The molecule has 3 heteroatoms. The fraction of sp³-hybridized carbons (Fsp3) is 1.00. The minimum Gasteiger partial charge on any atom is -0.394 e. The van der Waals surface area contributed by atoms with Crippen molar-refractivity contribution >= 4 is 0 Å². The number of aliphatic hydroxyl groups is 1. The first-order chi connectivity index (χ1) is 7.65. The van der Waals surface area contributed by atoms with Crippen LogP contribution in [0.15, 0.2) is 0 Å². The molecule has 0 aromatic heterocycles. The summed E-state index contributed by atoms with van der Waals surface area (Å²) in [6.07, 6.45) is 4.91. The summed E-state index contributed by atoms with van der Waals surface area (Å²) in [5, 5.41) is 13.3. The van der Waals surface area contributed by atoms with Gasteiger partial charge in [0.2, 0.25) is 0 Å². The lowest BCUT2D eigenvalue weighted by Gasteiger charge is -2.44. The Morgan fingerprint density at radius 2 is 2.25 bits per heavy atom. The van der Waals surface area contributed by atoms with Crippen molar-refractivity contribution in [3.05, 3.63) is 0 Å². The van der Waals surface area contributed by atoms with E-state index in [2.05, 4.69) is 24.1 Å². The van der Waals surface area contributed by atoms with Crippen LogP contribution < -0.4 is 5.32 Å². The van der Waals surface area contributed by atoms with E-state index in [0.29, 0.717) is 12.5 Å². The average Bonchev–Trinajstić information content (AvgIpc) is 2.73. The van der Waals surface area contributed by atoms with E-state index in [1.54, 1.807) is 0 Å². The highest BCUT2D eigenvalue weighted by Crippen LogP contribution is 2.32. The largest absolute Gasteiger partial charge is 0.394 e. The Balaban J connectivity index is 1.93. The second kappa shape index (κ2) is 5.03. The monoisotopic (exact) mass is 226 g/mol. The molecular weight excluding hydrogens is 200 g/mol. The molecule has 0 radical (unpaired) electrons. The van der Waals surface area contributed by atoms with Crippen molar-refractivity contribution in [2.45, 2.75) is 51.1 Å². The molecule has 2 heterocycles. The number of nitrogens with one attached hydrogen (secondary N) is 1. The van der Waals surface area contributed by atoms with E-state index in [-0.39, 0.29) is 5.54 Å². The zero-order valence-corrected chi connectivity index (χ0v) is 10.7. The highest BCUT2D eigenvalue weighted by molar-refractivity contribution is 4.99. The van der Waals surface area contributed by atoms with Crippen LogP contribution >= 0.6 is 0 Å². The molecule has 2 unspecified atom stereocenters. The van der Waals surface area contributed by atoms with E-state index in [1.807, 2.05) is 0 Å². The lowest BCUT2D eigenvalue weighted by Crippen LogP contribution is -2.58. The van der Waals surface area contributed by atoms with Crippen LogP contribution in [0.5, 0.6) is 0 Å². The predicted octanol–water partition coefficient (Wildman–Crippen LogP) is 1.22. The Kier molecular flexibility index (Phi) is 3.88. The van der Waals surface area contributed by atoms with Crippen LogP contribution in [0, 0.1) is 5.92 Å².